The number of benzene rings is 1. The smallest absolute Gasteiger partial charge is 0.184 e. The van der Waals surface area contributed by atoms with E-state index in [0.717, 1.165) is 34.8 Å². The van der Waals surface area contributed by atoms with Gasteiger partial charge in [0.2, 0.25) is 0 Å². The second-order valence-corrected chi connectivity index (χ2v) is 4.92. The van der Waals surface area contributed by atoms with E-state index in [9.17, 15) is 0 Å². The van der Waals surface area contributed by atoms with Crippen LogP contribution in [0.15, 0.2) is 24.3 Å². The molecule has 2 aromatic heterocycles. The first-order chi connectivity index (χ1) is 9.67. The lowest BCUT2D eigenvalue weighted by atomic mass is 10.3. The summed E-state index contributed by atoms with van der Waals surface area (Å²) >= 11 is 5.47. The monoisotopic (exact) mass is 288 g/mol. The number of nitrogens with one attached hydrogen (secondary N) is 1. The van der Waals surface area contributed by atoms with Gasteiger partial charge in [0.25, 0.3) is 0 Å². The van der Waals surface area contributed by atoms with Crippen molar-refractivity contribution in [3.05, 3.63) is 34.7 Å². The van der Waals surface area contributed by atoms with Gasteiger partial charge in [0.15, 0.2) is 10.4 Å². The second-order valence-electron chi connectivity index (χ2n) is 4.54. The van der Waals surface area contributed by atoms with Gasteiger partial charge in [0.1, 0.15) is 11.3 Å². The molecule has 1 N–H and O–H groups in total. The highest BCUT2D eigenvalue weighted by Gasteiger charge is 2.17. The quantitative estimate of drug-likeness (QED) is 0.753. The Morgan fingerprint density at radius 2 is 2.10 bits per heavy atom. The molecule has 0 spiro atoms. The van der Waals surface area contributed by atoms with E-state index in [2.05, 4.69) is 17.0 Å². The SMILES string of the molecule is CCn1nc(C)c2[nH]c(=S)n(-c3ccccc3OC)c21. The van der Waals surface area contributed by atoms with Crippen molar-refractivity contribution in [3.8, 4) is 11.4 Å². The van der Waals surface area contributed by atoms with Crippen LogP contribution in [0.25, 0.3) is 16.9 Å². The number of methoxy groups -OCH3 is 1. The number of hydrogen-bond donors (Lipinski definition) is 1. The number of hydrogen-bond acceptors (Lipinski definition) is 3. The first-order valence-electron chi connectivity index (χ1n) is 6.49. The minimum atomic E-state index is 0.646. The van der Waals surface area contributed by atoms with E-state index < -0.39 is 0 Å². The van der Waals surface area contributed by atoms with Crippen molar-refractivity contribution in [1.29, 1.82) is 0 Å². The number of nitrogens with zero attached hydrogens (tertiary/aromatic N) is 3. The molecule has 0 atom stereocenters. The molecule has 104 valence electrons. The molecule has 5 nitrogen and oxygen atoms in total. The van der Waals surface area contributed by atoms with Gasteiger partial charge in [-0.05, 0) is 38.2 Å². The van der Waals surface area contributed by atoms with Gasteiger partial charge in [0.05, 0.1) is 18.5 Å². The van der Waals surface area contributed by atoms with Crippen molar-refractivity contribution in [2.24, 2.45) is 0 Å². The first kappa shape index (κ1) is 12.9. The third-order valence-electron chi connectivity index (χ3n) is 3.37. The topological polar surface area (TPSA) is 47.8 Å². The molecular weight excluding hydrogens is 272 g/mol. The third-order valence-corrected chi connectivity index (χ3v) is 3.66. The lowest BCUT2D eigenvalue weighted by Crippen LogP contribution is -2.04. The number of aromatic nitrogens is 4. The number of para-hydroxylation sites is 2. The highest BCUT2D eigenvalue weighted by Crippen LogP contribution is 2.28. The van der Waals surface area contributed by atoms with Crippen LogP contribution in [-0.4, -0.2) is 26.4 Å². The Bertz CT molecular complexity index is 827. The average molecular weight is 288 g/mol. The molecule has 0 saturated carbocycles. The normalized spacial score (nSPS) is 11.2. The summed E-state index contributed by atoms with van der Waals surface area (Å²) in [6, 6.07) is 7.83. The molecule has 0 bridgehead atoms. The van der Waals surface area contributed by atoms with E-state index in [0.29, 0.717) is 4.77 Å². The molecular formula is C14H16N4OS. The highest BCUT2D eigenvalue weighted by atomic mass is 32.1. The number of H-pyrrole nitrogens is 1. The standard InChI is InChI=1S/C14H16N4OS/c1-4-17-13-12(9(2)16-17)15-14(20)18(13)10-7-5-6-8-11(10)19-3/h5-8H,4H2,1-3H3,(H,15,20). The Kier molecular flexibility index (Phi) is 3.10. The first-order valence-corrected chi connectivity index (χ1v) is 6.89. The number of fused-ring (bicyclic) bond motifs is 1. The fraction of sp³-hybridized carbons (Fsp3) is 0.286. The molecule has 0 aliphatic carbocycles. The summed E-state index contributed by atoms with van der Waals surface area (Å²) in [5.74, 6) is 0.783. The molecule has 0 radical (unpaired) electrons. The molecule has 2 heterocycles. The molecule has 0 aliphatic heterocycles. The van der Waals surface area contributed by atoms with Crippen LogP contribution in [0.4, 0.5) is 0 Å². The van der Waals surface area contributed by atoms with Crippen LogP contribution in [0.2, 0.25) is 0 Å². The Balaban J connectivity index is 2.41. The average Bonchev–Trinajstić information content (AvgIpc) is 2.95. The zero-order chi connectivity index (χ0) is 14.3. The Morgan fingerprint density at radius 3 is 2.80 bits per heavy atom. The van der Waals surface area contributed by atoms with E-state index in [4.69, 9.17) is 17.0 Å². The Hall–Kier alpha value is -2.08. The van der Waals surface area contributed by atoms with Crippen LogP contribution >= 0.6 is 12.2 Å². The van der Waals surface area contributed by atoms with E-state index in [1.54, 1.807) is 7.11 Å². The van der Waals surface area contributed by atoms with Crippen molar-refractivity contribution in [2.45, 2.75) is 20.4 Å². The van der Waals surface area contributed by atoms with Crippen molar-refractivity contribution in [3.63, 3.8) is 0 Å². The Morgan fingerprint density at radius 1 is 1.35 bits per heavy atom. The molecule has 0 fully saturated rings. The van der Waals surface area contributed by atoms with Gasteiger partial charge in [-0.25, -0.2) is 4.68 Å². The minimum absolute atomic E-state index is 0.646. The van der Waals surface area contributed by atoms with Gasteiger partial charge < -0.3 is 9.72 Å². The van der Waals surface area contributed by atoms with Crippen molar-refractivity contribution in [1.82, 2.24) is 19.3 Å². The summed E-state index contributed by atoms with van der Waals surface area (Å²) in [6.07, 6.45) is 0. The fourth-order valence-corrected chi connectivity index (χ4v) is 2.75. The van der Waals surface area contributed by atoms with Crippen molar-refractivity contribution in [2.75, 3.05) is 7.11 Å². The lowest BCUT2D eigenvalue weighted by Gasteiger charge is -2.10. The van der Waals surface area contributed by atoms with Crippen LogP contribution in [0.1, 0.15) is 12.6 Å². The lowest BCUT2D eigenvalue weighted by molar-refractivity contribution is 0.413. The summed E-state index contributed by atoms with van der Waals surface area (Å²) in [5, 5.41) is 4.53. The fourth-order valence-electron chi connectivity index (χ4n) is 2.46. The van der Waals surface area contributed by atoms with Gasteiger partial charge in [-0.1, -0.05) is 12.1 Å². The second kappa shape index (κ2) is 4.79. The van der Waals surface area contributed by atoms with Crippen LogP contribution in [-0.2, 0) is 6.54 Å². The van der Waals surface area contributed by atoms with E-state index >= 15 is 0 Å². The number of aryl methyl sites for hydroxylation is 2. The molecule has 3 aromatic rings. The van der Waals surface area contributed by atoms with Gasteiger partial charge >= 0.3 is 0 Å². The van der Waals surface area contributed by atoms with Crippen LogP contribution in [0.3, 0.4) is 0 Å². The van der Waals surface area contributed by atoms with E-state index in [-0.39, 0.29) is 0 Å². The molecule has 3 rings (SSSR count). The maximum atomic E-state index is 5.47. The van der Waals surface area contributed by atoms with Gasteiger partial charge in [-0.15, -0.1) is 0 Å². The summed E-state index contributed by atoms with van der Waals surface area (Å²) < 4.78 is 10.0. The molecule has 0 unspecified atom stereocenters. The number of aromatic amines is 1. The van der Waals surface area contributed by atoms with E-state index in [1.165, 1.54) is 0 Å². The van der Waals surface area contributed by atoms with Crippen molar-refractivity contribution >= 4 is 23.4 Å². The molecule has 20 heavy (non-hydrogen) atoms. The number of imidazole rings is 1. The third kappa shape index (κ3) is 1.76. The molecule has 0 saturated heterocycles. The van der Waals surface area contributed by atoms with Crippen LogP contribution in [0.5, 0.6) is 5.75 Å². The predicted octanol–water partition coefficient (Wildman–Crippen LogP) is 3.22. The van der Waals surface area contributed by atoms with E-state index in [1.807, 2.05) is 40.4 Å². The highest BCUT2D eigenvalue weighted by molar-refractivity contribution is 7.71. The molecule has 0 amide bonds. The maximum absolute atomic E-state index is 5.47. The zero-order valence-corrected chi connectivity index (χ0v) is 12.5. The summed E-state index contributed by atoms with van der Waals surface area (Å²) in [6.45, 7) is 4.83. The van der Waals surface area contributed by atoms with Gasteiger partial charge in [-0.3, -0.25) is 4.57 Å². The summed E-state index contributed by atoms with van der Waals surface area (Å²) in [4.78, 5) is 3.24. The molecule has 0 aliphatic rings. The summed E-state index contributed by atoms with van der Waals surface area (Å²) in [5.41, 5.74) is 3.81. The zero-order valence-electron chi connectivity index (χ0n) is 11.7. The molecule has 6 heteroatoms. The summed E-state index contributed by atoms with van der Waals surface area (Å²) in [7, 11) is 1.66. The number of ether oxygens (including phenoxy) is 1. The van der Waals surface area contributed by atoms with Crippen molar-refractivity contribution < 1.29 is 4.74 Å². The van der Waals surface area contributed by atoms with Gasteiger partial charge in [-0.2, -0.15) is 5.10 Å². The molecule has 1 aromatic carbocycles. The van der Waals surface area contributed by atoms with Gasteiger partial charge in [0, 0.05) is 6.54 Å². The minimum Gasteiger partial charge on any atom is -0.495 e. The predicted molar refractivity (Wildman–Crippen MR) is 81.2 cm³/mol. The maximum Gasteiger partial charge on any atom is 0.184 e. The largest absolute Gasteiger partial charge is 0.495 e. The van der Waals surface area contributed by atoms with Crippen LogP contribution < -0.4 is 4.74 Å². The Labute approximate surface area is 121 Å². The van der Waals surface area contributed by atoms with Crippen LogP contribution in [0, 0.1) is 11.7 Å². The number of rotatable bonds is 3.